The van der Waals surface area contributed by atoms with Crippen molar-refractivity contribution in [3.63, 3.8) is 0 Å². The summed E-state index contributed by atoms with van der Waals surface area (Å²) in [5.41, 5.74) is 7.86. The Hall–Kier alpha value is -1.22. The Balaban J connectivity index is 2.87. The van der Waals surface area contributed by atoms with Crippen molar-refractivity contribution in [3.05, 3.63) is 24.3 Å². The SMILES string of the molecule is CCN(c1ccccc1N)C(C)COC. The summed E-state index contributed by atoms with van der Waals surface area (Å²) in [6.45, 7) is 5.90. The van der Waals surface area contributed by atoms with Crippen LogP contribution in [0.1, 0.15) is 13.8 Å². The lowest BCUT2D eigenvalue weighted by Gasteiger charge is -2.30. The van der Waals surface area contributed by atoms with Crippen LogP contribution < -0.4 is 10.6 Å². The van der Waals surface area contributed by atoms with Crippen molar-refractivity contribution in [3.8, 4) is 0 Å². The summed E-state index contributed by atoms with van der Waals surface area (Å²) in [7, 11) is 1.72. The Kier molecular flexibility index (Phi) is 4.43. The number of hydrogen-bond donors (Lipinski definition) is 1. The first-order valence-corrected chi connectivity index (χ1v) is 5.30. The molecular weight excluding hydrogens is 188 g/mol. The van der Waals surface area contributed by atoms with Gasteiger partial charge < -0.3 is 15.4 Å². The van der Waals surface area contributed by atoms with Crippen molar-refractivity contribution in [2.75, 3.05) is 30.9 Å². The molecule has 1 unspecified atom stereocenters. The summed E-state index contributed by atoms with van der Waals surface area (Å²) in [6, 6.07) is 8.27. The van der Waals surface area contributed by atoms with Gasteiger partial charge in [-0.2, -0.15) is 0 Å². The molecule has 2 N–H and O–H groups in total. The molecule has 0 saturated heterocycles. The highest BCUT2D eigenvalue weighted by molar-refractivity contribution is 5.67. The number of nitrogens with two attached hydrogens (primary N) is 1. The zero-order valence-corrected chi connectivity index (χ0v) is 9.73. The van der Waals surface area contributed by atoms with Crippen LogP contribution in [0.5, 0.6) is 0 Å². The van der Waals surface area contributed by atoms with E-state index in [1.165, 1.54) is 0 Å². The molecule has 0 heterocycles. The number of anilines is 2. The van der Waals surface area contributed by atoms with Crippen molar-refractivity contribution >= 4 is 11.4 Å². The zero-order chi connectivity index (χ0) is 11.3. The van der Waals surface area contributed by atoms with Gasteiger partial charge in [0.25, 0.3) is 0 Å². The fourth-order valence-corrected chi connectivity index (χ4v) is 1.80. The molecule has 0 bridgehead atoms. The van der Waals surface area contributed by atoms with Crippen LogP contribution in [-0.2, 0) is 4.74 Å². The molecule has 1 aromatic carbocycles. The van der Waals surface area contributed by atoms with Gasteiger partial charge in [0, 0.05) is 19.7 Å². The number of nitrogen functional groups attached to an aromatic ring is 1. The van der Waals surface area contributed by atoms with Crippen LogP contribution in [0.4, 0.5) is 11.4 Å². The van der Waals surface area contributed by atoms with Crippen LogP contribution in [0.25, 0.3) is 0 Å². The molecule has 0 aliphatic heterocycles. The summed E-state index contributed by atoms with van der Waals surface area (Å²) in [5, 5.41) is 0. The highest BCUT2D eigenvalue weighted by atomic mass is 16.5. The largest absolute Gasteiger partial charge is 0.397 e. The lowest BCUT2D eigenvalue weighted by Crippen LogP contribution is -2.36. The van der Waals surface area contributed by atoms with Gasteiger partial charge in [0.15, 0.2) is 0 Å². The van der Waals surface area contributed by atoms with E-state index in [2.05, 4.69) is 18.7 Å². The molecule has 0 saturated carbocycles. The number of nitrogens with zero attached hydrogens (tertiary/aromatic N) is 1. The quantitative estimate of drug-likeness (QED) is 0.753. The smallest absolute Gasteiger partial charge is 0.0663 e. The first-order valence-electron chi connectivity index (χ1n) is 5.30. The summed E-state index contributed by atoms with van der Waals surface area (Å²) >= 11 is 0. The van der Waals surface area contributed by atoms with Gasteiger partial charge in [-0.05, 0) is 26.0 Å². The van der Waals surface area contributed by atoms with Crippen molar-refractivity contribution < 1.29 is 4.74 Å². The van der Waals surface area contributed by atoms with Gasteiger partial charge in [0.1, 0.15) is 0 Å². The highest BCUT2D eigenvalue weighted by Gasteiger charge is 2.14. The minimum Gasteiger partial charge on any atom is -0.397 e. The van der Waals surface area contributed by atoms with E-state index in [-0.39, 0.29) is 0 Å². The number of hydrogen-bond acceptors (Lipinski definition) is 3. The van der Waals surface area contributed by atoms with Crippen molar-refractivity contribution in [1.82, 2.24) is 0 Å². The summed E-state index contributed by atoms with van der Waals surface area (Å²) < 4.78 is 5.17. The third-order valence-corrected chi connectivity index (χ3v) is 2.53. The number of benzene rings is 1. The third kappa shape index (κ3) is 2.86. The maximum atomic E-state index is 5.95. The average molecular weight is 208 g/mol. The monoisotopic (exact) mass is 208 g/mol. The second-order valence-corrected chi connectivity index (χ2v) is 3.65. The van der Waals surface area contributed by atoms with E-state index in [4.69, 9.17) is 10.5 Å². The number of likely N-dealkylation sites (N-methyl/N-ethyl adjacent to an activating group) is 1. The van der Waals surface area contributed by atoms with Crippen LogP contribution in [0.3, 0.4) is 0 Å². The summed E-state index contributed by atoms with van der Waals surface area (Å²) in [5.74, 6) is 0. The Morgan fingerprint density at radius 3 is 2.60 bits per heavy atom. The molecule has 1 atom stereocenters. The van der Waals surface area contributed by atoms with Crippen LogP contribution in [-0.4, -0.2) is 26.3 Å². The average Bonchev–Trinajstić information content (AvgIpc) is 2.22. The number of para-hydroxylation sites is 2. The van der Waals surface area contributed by atoms with Crippen LogP contribution >= 0.6 is 0 Å². The first-order chi connectivity index (χ1) is 7.20. The fraction of sp³-hybridized carbons (Fsp3) is 0.500. The van der Waals surface area contributed by atoms with E-state index in [0.717, 1.165) is 17.9 Å². The van der Waals surface area contributed by atoms with Gasteiger partial charge in [-0.25, -0.2) is 0 Å². The molecule has 84 valence electrons. The maximum Gasteiger partial charge on any atom is 0.0663 e. The molecular formula is C12H20N2O. The van der Waals surface area contributed by atoms with E-state index in [1.807, 2.05) is 24.3 Å². The van der Waals surface area contributed by atoms with Crippen LogP contribution in [0.15, 0.2) is 24.3 Å². The predicted molar refractivity (Wildman–Crippen MR) is 65.2 cm³/mol. The third-order valence-electron chi connectivity index (χ3n) is 2.53. The Labute approximate surface area is 91.8 Å². The van der Waals surface area contributed by atoms with E-state index in [1.54, 1.807) is 7.11 Å². The Morgan fingerprint density at radius 1 is 1.40 bits per heavy atom. The van der Waals surface area contributed by atoms with Gasteiger partial charge in [-0.15, -0.1) is 0 Å². The van der Waals surface area contributed by atoms with Crippen molar-refractivity contribution in [2.24, 2.45) is 0 Å². The number of ether oxygens (including phenoxy) is 1. The molecule has 3 heteroatoms. The number of rotatable bonds is 5. The maximum absolute atomic E-state index is 5.95. The fourth-order valence-electron chi connectivity index (χ4n) is 1.80. The van der Waals surface area contributed by atoms with E-state index in [0.29, 0.717) is 12.6 Å². The van der Waals surface area contributed by atoms with E-state index < -0.39 is 0 Å². The van der Waals surface area contributed by atoms with Crippen LogP contribution in [0.2, 0.25) is 0 Å². The van der Waals surface area contributed by atoms with Crippen molar-refractivity contribution in [2.45, 2.75) is 19.9 Å². The minimum absolute atomic E-state index is 0.338. The molecule has 0 fully saturated rings. The number of methoxy groups -OCH3 is 1. The molecule has 1 aromatic rings. The first kappa shape index (κ1) is 11.9. The Morgan fingerprint density at radius 2 is 2.07 bits per heavy atom. The standard InChI is InChI=1S/C12H20N2O/c1-4-14(10(2)9-15-3)12-8-6-5-7-11(12)13/h5-8,10H,4,9,13H2,1-3H3. The van der Waals surface area contributed by atoms with Gasteiger partial charge in [-0.1, -0.05) is 12.1 Å². The lowest BCUT2D eigenvalue weighted by atomic mass is 10.2. The zero-order valence-electron chi connectivity index (χ0n) is 9.73. The van der Waals surface area contributed by atoms with Gasteiger partial charge in [0.2, 0.25) is 0 Å². The molecule has 0 amide bonds. The van der Waals surface area contributed by atoms with Gasteiger partial charge in [-0.3, -0.25) is 0 Å². The molecule has 15 heavy (non-hydrogen) atoms. The van der Waals surface area contributed by atoms with E-state index >= 15 is 0 Å². The highest BCUT2D eigenvalue weighted by Crippen LogP contribution is 2.24. The molecule has 0 spiro atoms. The predicted octanol–water partition coefficient (Wildman–Crippen LogP) is 2.13. The van der Waals surface area contributed by atoms with E-state index in [9.17, 15) is 0 Å². The molecule has 0 aromatic heterocycles. The summed E-state index contributed by atoms with van der Waals surface area (Å²) in [4.78, 5) is 2.25. The van der Waals surface area contributed by atoms with Gasteiger partial charge >= 0.3 is 0 Å². The topological polar surface area (TPSA) is 38.5 Å². The molecule has 0 aliphatic carbocycles. The van der Waals surface area contributed by atoms with Crippen LogP contribution in [0, 0.1) is 0 Å². The second kappa shape index (κ2) is 5.61. The van der Waals surface area contributed by atoms with Crippen molar-refractivity contribution in [1.29, 1.82) is 0 Å². The molecule has 0 radical (unpaired) electrons. The minimum atomic E-state index is 0.338. The Bertz CT molecular complexity index is 301. The second-order valence-electron chi connectivity index (χ2n) is 3.65. The lowest BCUT2D eigenvalue weighted by molar-refractivity contribution is 0.182. The molecule has 1 rings (SSSR count). The molecule has 3 nitrogen and oxygen atoms in total. The summed E-state index contributed by atoms with van der Waals surface area (Å²) in [6.07, 6.45) is 0. The van der Waals surface area contributed by atoms with Gasteiger partial charge in [0.05, 0.1) is 18.0 Å². The molecule has 0 aliphatic rings. The normalized spacial score (nSPS) is 12.5.